The Morgan fingerprint density at radius 2 is 2.06 bits per heavy atom. The lowest BCUT2D eigenvalue weighted by Crippen LogP contribution is -2.04. The van der Waals surface area contributed by atoms with Crippen molar-refractivity contribution in [3.05, 3.63) is 36.4 Å². The van der Waals surface area contributed by atoms with E-state index in [0.717, 1.165) is 17.3 Å². The van der Waals surface area contributed by atoms with E-state index >= 15 is 0 Å². The topological polar surface area (TPSA) is 52.0 Å². The summed E-state index contributed by atoms with van der Waals surface area (Å²) >= 11 is 0. The number of anilines is 1. The van der Waals surface area contributed by atoms with Crippen LogP contribution < -0.4 is 10.1 Å². The number of nitrogens with zero attached hydrogens (tertiary/aromatic N) is 3. The molecule has 0 aliphatic heterocycles. The zero-order valence-electron chi connectivity index (χ0n) is 9.34. The lowest BCUT2D eigenvalue weighted by molar-refractivity contribution is 0.290. The lowest BCUT2D eigenvalue weighted by atomic mass is 10.3. The van der Waals surface area contributed by atoms with Gasteiger partial charge in [0.1, 0.15) is 18.7 Å². The van der Waals surface area contributed by atoms with Crippen LogP contribution >= 0.6 is 0 Å². The van der Waals surface area contributed by atoms with E-state index in [9.17, 15) is 0 Å². The molecule has 1 aromatic heterocycles. The van der Waals surface area contributed by atoms with Gasteiger partial charge in [0.05, 0.1) is 0 Å². The molecular weight excluding hydrogens is 204 g/mol. The van der Waals surface area contributed by atoms with Gasteiger partial charge in [0.25, 0.3) is 0 Å². The van der Waals surface area contributed by atoms with Gasteiger partial charge in [0, 0.05) is 19.8 Å². The Hall–Kier alpha value is -2.04. The fraction of sp³-hybridized carbons (Fsp3) is 0.273. The second-order valence-corrected chi connectivity index (χ2v) is 3.36. The van der Waals surface area contributed by atoms with Gasteiger partial charge in [-0.05, 0) is 24.3 Å². The summed E-state index contributed by atoms with van der Waals surface area (Å²) in [5.74, 6) is 1.62. The molecule has 0 bridgehead atoms. The van der Waals surface area contributed by atoms with E-state index in [1.165, 1.54) is 6.33 Å². The largest absolute Gasteiger partial charge is 0.486 e. The van der Waals surface area contributed by atoms with Crippen LogP contribution in [0.5, 0.6) is 5.75 Å². The Balaban J connectivity index is 1.97. The van der Waals surface area contributed by atoms with E-state index in [0.29, 0.717) is 6.61 Å². The summed E-state index contributed by atoms with van der Waals surface area (Å²) in [5, 5.41) is 7.02. The van der Waals surface area contributed by atoms with Crippen molar-refractivity contribution in [1.82, 2.24) is 14.8 Å². The molecular formula is C11H14N4O. The first-order valence-electron chi connectivity index (χ1n) is 5.03. The fourth-order valence-electron chi connectivity index (χ4n) is 1.32. The Bertz CT molecular complexity index is 449. The molecule has 0 saturated heterocycles. The first kappa shape index (κ1) is 10.5. The van der Waals surface area contributed by atoms with E-state index in [1.807, 2.05) is 38.4 Å². The predicted molar refractivity (Wildman–Crippen MR) is 61.3 cm³/mol. The standard InChI is InChI=1S/C11H14N4O/c1-12-9-3-5-10(6-4-9)16-7-11-13-8-14-15(11)2/h3-6,8,12H,7H2,1-2H3. The third-order valence-corrected chi connectivity index (χ3v) is 2.32. The highest BCUT2D eigenvalue weighted by atomic mass is 16.5. The minimum atomic E-state index is 0.426. The maximum atomic E-state index is 5.58. The van der Waals surface area contributed by atoms with Crippen molar-refractivity contribution >= 4 is 5.69 Å². The molecule has 1 N–H and O–H groups in total. The van der Waals surface area contributed by atoms with Crippen LogP contribution in [0.15, 0.2) is 30.6 Å². The minimum absolute atomic E-state index is 0.426. The molecule has 84 valence electrons. The third-order valence-electron chi connectivity index (χ3n) is 2.32. The van der Waals surface area contributed by atoms with E-state index in [2.05, 4.69) is 15.4 Å². The van der Waals surface area contributed by atoms with Gasteiger partial charge in [-0.1, -0.05) is 0 Å². The minimum Gasteiger partial charge on any atom is -0.486 e. The number of benzene rings is 1. The smallest absolute Gasteiger partial charge is 0.164 e. The van der Waals surface area contributed by atoms with Crippen molar-refractivity contribution in [3.63, 3.8) is 0 Å². The zero-order chi connectivity index (χ0) is 11.4. The zero-order valence-corrected chi connectivity index (χ0v) is 9.34. The third kappa shape index (κ3) is 2.31. The number of nitrogens with one attached hydrogen (secondary N) is 1. The average molecular weight is 218 g/mol. The van der Waals surface area contributed by atoms with Crippen LogP contribution in [0.1, 0.15) is 5.82 Å². The van der Waals surface area contributed by atoms with Gasteiger partial charge in [0.2, 0.25) is 0 Å². The van der Waals surface area contributed by atoms with Crippen LogP contribution in [0.4, 0.5) is 5.69 Å². The number of hydrogen-bond donors (Lipinski definition) is 1. The molecule has 0 unspecified atom stereocenters. The average Bonchev–Trinajstić information content (AvgIpc) is 2.73. The SMILES string of the molecule is CNc1ccc(OCc2ncnn2C)cc1. The molecule has 16 heavy (non-hydrogen) atoms. The summed E-state index contributed by atoms with van der Waals surface area (Å²) in [5.41, 5.74) is 1.06. The van der Waals surface area contributed by atoms with Crippen LogP contribution in [0.3, 0.4) is 0 Å². The highest BCUT2D eigenvalue weighted by Gasteiger charge is 2.01. The van der Waals surface area contributed by atoms with Crippen molar-refractivity contribution in [3.8, 4) is 5.75 Å². The highest BCUT2D eigenvalue weighted by Crippen LogP contribution is 2.15. The Morgan fingerprint density at radius 1 is 1.31 bits per heavy atom. The summed E-state index contributed by atoms with van der Waals surface area (Å²) in [4.78, 5) is 4.08. The maximum Gasteiger partial charge on any atom is 0.164 e. The first-order valence-corrected chi connectivity index (χ1v) is 5.03. The molecule has 2 rings (SSSR count). The van der Waals surface area contributed by atoms with Crippen molar-refractivity contribution < 1.29 is 4.74 Å². The summed E-state index contributed by atoms with van der Waals surface area (Å²) < 4.78 is 7.28. The number of aromatic nitrogens is 3. The highest BCUT2D eigenvalue weighted by molar-refractivity contribution is 5.45. The molecule has 5 nitrogen and oxygen atoms in total. The van der Waals surface area contributed by atoms with Gasteiger partial charge in [-0.15, -0.1) is 0 Å². The van der Waals surface area contributed by atoms with Gasteiger partial charge < -0.3 is 10.1 Å². The van der Waals surface area contributed by atoms with Gasteiger partial charge >= 0.3 is 0 Å². The van der Waals surface area contributed by atoms with E-state index < -0.39 is 0 Å². The van der Waals surface area contributed by atoms with Crippen LogP contribution in [0.25, 0.3) is 0 Å². The second kappa shape index (κ2) is 4.65. The monoisotopic (exact) mass is 218 g/mol. The van der Waals surface area contributed by atoms with E-state index in [1.54, 1.807) is 4.68 Å². The van der Waals surface area contributed by atoms with Crippen molar-refractivity contribution in [2.45, 2.75) is 6.61 Å². The summed E-state index contributed by atoms with van der Waals surface area (Å²) in [6, 6.07) is 7.77. The quantitative estimate of drug-likeness (QED) is 0.843. The Labute approximate surface area is 94.1 Å². The number of ether oxygens (including phenoxy) is 1. The molecule has 0 atom stereocenters. The molecule has 1 heterocycles. The van der Waals surface area contributed by atoms with Gasteiger partial charge in [-0.25, -0.2) is 4.98 Å². The van der Waals surface area contributed by atoms with Gasteiger partial charge in [-0.3, -0.25) is 4.68 Å². The van der Waals surface area contributed by atoms with Crippen LogP contribution in [-0.2, 0) is 13.7 Å². The molecule has 0 fully saturated rings. The second-order valence-electron chi connectivity index (χ2n) is 3.36. The van der Waals surface area contributed by atoms with Crippen molar-refractivity contribution in [2.75, 3.05) is 12.4 Å². The molecule has 1 aromatic carbocycles. The fourth-order valence-corrected chi connectivity index (χ4v) is 1.32. The van der Waals surface area contributed by atoms with Crippen molar-refractivity contribution in [2.24, 2.45) is 7.05 Å². The van der Waals surface area contributed by atoms with E-state index in [-0.39, 0.29) is 0 Å². The number of rotatable bonds is 4. The summed E-state index contributed by atoms with van der Waals surface area (Å²) in [6.07, 6.45) is 1.52. The molecule has 0 radical (unpaired) electrons. The predicted octanol–water partition coefficient (Wildman–Crippen LogP) is 1.44. The molecule has 2 aromatic rings. The van der Waals surface area contributed by atoms with E-state index in [4.69, 9.17) is 4.74 Å². The maximum absolute atomic E-state index is 5.58. The lowest BCUT2D eigenvalue weighted by Gasteiger charge is -2.06. The van der Waals surface area contributed by atoms with Crippen LogP contribution in [-0.4, -0.2) is 21.8 Å². The van der Waals surface area contributed by atoms with Crippen molar-refractivity contribution in [1.29, 1.82) is 0 Å². The summed E-state index contributed by atoms with van der Waals surface area (Å²) in [7, 11) is 3.73. The normalized spacial score (nSPS) is 10.1. The van der Waals surface area contributed by atoms with Crippen LogP contribution in [0, 0.1) is 0 Å². The molecule has 0 amide bonds. The number of aryl methyl sites for hydroxylation is 1. The Kier molecular flexibility index (Phi) is 3.05. The van der Waals surface area contributed by atoms with Crippen LogP contribution in [0.2, 0.25) is 0 Å². The molecule has 0 saturated carbocycles. The number of hydrogen-bond acceptors (Lipinski definition) is 4. The van der Waals surface area contributed by atoms with Gasteiger partial charge in [-0.2, -0.15) is 5.10 Å². The summed E-state index contributed by atoms with van der Waals surface area (Å²) in [6.45, 7) is 0.426. The molecule has 0 aliphatic carbocycles. The molecule has 5 heteroatoms. The Morgan fingerprint density at radius 3 is 2.62 bits per heavy atom. The molecule has 0 spiro atoms. The molecule has 0 aliphatic rings. The first-order chi connectivity index (χ1) is 7.79. The van der Waals surface area contributed by atoms with Gasteiger partial charge in [0.15, 0.2) is 5.82 Å².